The molecular formula is C30H35BrClN3O5S. The summed E-state index contributed by atoms with van der Waals surface area (Å²) in [5, 5.41) is 3.42. The van der Waals surface area contributed by atoms with Crippen LogP contribution in [0.3, 0.4) is 0 Å². The molecule has 41 heavy (non-hydrogen) atoms. The van der Waals surface area contributed by atoms with Crippen molar-refractivity contribution in [3.8, 4) is 5.75 Å². The zero-order valence-electron chi connectivity index (χ0n) is 23.5. The van der Waals surface area contributed by atoms with Crippen molar-refractivity contribution in [2.75, 3.05) is 17.5 Å². The number of ether oxygens (including phenoxy) is 1. The molecule has 0 spiro atoms. The van der Waals surface area contributed by atoms with E-state index in [1.807, 2.05) is 27.7 Å². The van der Waals surface area contributed by atoms with Crippen molar-refractivity contribution in [3.63, 3.8) is 0 Å². The molecule has 0 aliphatic carbocycles. The summed E-state index contributed by atoms with van der Waals surface area (Å²) in [4.78, 5) is 28.7. The monoisotopic (exact) mass is 663 g/mol. The van der Waals surface area contributed by atoms with Crippen molar-refractivity contribution in [2.24, 2.45) is 0 Å². The number of halogens is 2. The standard InChI is InChI=1S/C30H35BrClN3O5S/c1-5-28(30(37)33-21(3)4)34(19-22-7-11-24(32)12-8-22)29(36)20-35(25-13-15-26(16-14-25)40-6-2)41(38,39)27-17-9-23(31)10-18-27/h7-18,21,28H,5-6,19-20H2,1-4H3,(H,33,37)/t28-/m1/s1. The summed E-state index contributed by atoms with van der Waals surface area (Å²) in [5.74, 6) is -0.266. The van der Waals surface area contributed by atoms with Crippen LogP contribution in [-0.4, -0.2) is 50.4 Å². The molecule has 3 aromatic rings. The van der Waals surface area contributed by atoms with Gasteiger partial charge in [0.1, 0.15) is 18.3 Å². The number of hydrogen-bond donors (Lipinski definition) is 1. The average molecular weight is 665 g/mol. The summed E-state index contributed by atoms with van der Waals surface area (Å²) in [5.41, 5.74) is 1.04. The van der Waals surface area contributed by atoms with Crippen LogP contribution in [0.5, 0.6) is 5.75 Å². The molecule has 3 aromatic carbocycles. The predicted molar refractivity (Wildman–Crippen MR) is 166 cm³/mol. The highest BCUT2D eigenvalue weighted by molar-refractivity contribution is 9.10. The number of rotatable bonds is 13. The van der Waals surface area contributed by atoms with E-state index in [1.54, 1.807) is 60.7 Å². The average Bonchev–Trinajstić information content (AvgIpc) is 2.93. The van der Waals surface area contributed by atoms with Crippen LogP contribution < -0.4 is 14.4 Å². The largest absolute Gasteiger partial charge is 0.494 e. The normalized spacial score (nSPS) is 12.1. The van der Waals surface area contributed by atoms with Crippen molar-refractivity contribution in [2.45, 2.75) is 57.6 Å². The van der Waals surface area contributed by atoms with Crippen molar-refractivity contribution in [1.82, 2.24) is 10.2 Å². The number of amides is 2. The van der Waals surface area contributed by atoms with Crippen LogP contribution in [0.4, 0.5) is 5.69 Å². The van der Waals surface area contributed by atoms with Gasteiger partial charge in [-0.1, -0.05) is 46.6 Å². The maximum atomic E-state index is 14.1. The van der Waals surface area contributed by atoms with Crippen LogP contribution in [0.1, 0.15) is 39.7 Å². The molecule has 0 heterocycles. The smallest absolute Gasteiger partial charge is 0.264 e. The van der Waals surface area contributed by atoms with Gasteiger partial charge in [-0.15, -0.1) is 0 Å². The van der Waals surface area contributed by atoms with Gasteiger partial charge in [0.25, 0.3) is 10.0 Å². The molecule has 0 saturated heterocycles. The first kappa shape index (κ1) is 32.4. The molecular weight excluding hydrogens is 630 g/mol. The second-order valence-corrected chi connectivity index (χ2v) is 12.8. The minimum absolute atomic E-state index is 0.0243. The molecule has 8 nitrogen and oxygen atoms in total. The summed E-state index contributed by atoms with van der Waals surface area (Å²) in [6.07, 6.45) is 0.334. The summed E-state index contributed by atoms with van der Waals surface area (Å²) >= 11 is 9.40. The number of anilines is 1. The number of hydrogen-bond acceptors (Lipinski definition) is 5. The van der Waals surface area contributed by atoms with Gasteiger partial charge in [0.2, 0.25) is 11.8 Å². The zero-order chi connectivity index (χ0) is 30.2. The third kappa shape index (κ3) is 8.70. The highest BCUT2D eigenvalue weighted by atomic mass is 79.9. The first-order chi connectivity index (χ1) is 19.5. The minimum atomic E-state index is -4.17. The van der Waals surface area contributed by atoms with Gasteiger partial charge in [-0.25, -0.2) is 8.42 Å². The van der Waals surface area contributed by atoms with Crippen molar-refractivity contribution in [1.29, 1.82) is 0 Å². The van der Waals surface area contributed by atoms with Crippen molar-refractivity contribution < 1.29 is 22.7 Å². The maximum Gasteiger partial charge on any atom is 0.264 e. The Bertz CT molecular complexity index is 1420. The molecule has 0 unspecified atom stereocenters. The topological polar surface area (TPSA) is 96.0 Å². The Morgan fingerprint density at radius 1 is 0.951 bits per heavy atom. The van der Waals surface area contributed by atoms with E-state index in [0.29, 0.717) is 23.8 Å². The molecule has 11 heteroatoms. The van der Waals surface area contributed by atoms with Gasteiger partial charge >= 0.3 is 0 Å². The molecule has 3 rings (SSSR count). The highest BCUT2D eigenvalue weighted by Gasteiger charge is 2.34. The number of sulfonamides is 1. The fourth-order valence-corrected chi connectivity index (χ4v) is 6.03. The lowest BCUT2D eigenvalue weighted by molar-refractivity contribution is -0.140. The minimum Gasteiger partial charge on any atom is -0.494 e. The molecule has 0 aliphatic heterocycles. The zero-order valence-corrected chi connectivity index (χ0v) is 26.7. The van der Waals surface area contributed by atoms with E-state index in [2.05, 4.69) is 21.2 Å². The lowest BCUT2D eigenvalue weighted by atomic mass is 10.1. The first-order valence-corrected chi connectivity index (χ1v) is 15.9. The first-order valence-electron chi connectivity index (χ1n) is 13.3. The Balaban J connectivity index is 2.06. The van der Waals surface area contributed by atoms with Crippen LogP contribution in [0.25, 0.3) is 0 Å². The molecule has 0 radical (unpaired) electrons. The van der Waals surface area contributed by atoms with E-state index in [4.69, 9.17) is 16.3 Å². The van der Waals surface area contributed by atoms with E-state index in [0.717, 1.165) is 14.3 Å². The molecule has 1 atom stereocenters. The summed E-state index contributed by atoms with van der Waals surface area (Å²) in [7, 11) is -4.17. The van der Waals surface area contributed by atoms with Gasteiger partial charge < -0.3 is 15.0 Å². The SMILES string of the molecule is CCOc1ccc(N(CC(=O)N(Cc2ccc(Cl)cc2)[C@H](CC)C(=O)NC(C)C)S(=O)(=O)c2ccc(Br)cc2)cc1. The van der Waals surface area contributed by atoms with E-state index >= 15 is 0 Å². The van der Waals surface area contributed by atoms with Gasteiger partial charge in [-0.05, 0) is 93.4 Å². The van der Waals surface area contributed by atoms with Crippen LogP contribution in [0.15, 0.2) is 82.2 Å². The quantitative estimate of drug-likeness (QED) is 0.241. The highest BCUT2D eigenvalue weighted by Crippen LogP contribution is 2.28. The third-order valence-corrected chi connectivity index (χ3v) is 8.77. The number of nitrogens with zero attached hydrogens (tertiary/aromatic N) is 2. The van der Waals surface area contributed by atoms with Gasteiger partial charge in [0.15, 0.2) is 0 Å². The molecule has 1 N–H and O–H groups in total. The van der Waals surface area contributed by atoms with Crippen LogP contribution in [-0.2, 0) is 26.2 Å². The lowest BCUT2D eigenvalue weighted by Gasteiger charge is -2.33. The molecule has 0 bridgehead atoms. The van der Waals surface area contributed by atoms with Crippen molar-refractivity contribution >= 4 is 55.1 Å². The number of carbonyl (C=O) groups excluding carboxylic acids is 2. The van der Waals surface area contributed by atoms with Gasteiger partial charge in [-0.3, -0.25) is 13.9 Å². The van der Waals surface area contributed by atoms with Gasteiger partial charge in [0, 0.05) is 22.1 Å². The van der Waals surface area contributed by atoms with Gasteiger partial charge in [-0.2, -0.15) is 0 Å². The molecule has 0 aromatic heterocycles. The Morgan fingerprint density at radius 2 is 1.56 bits per heavy atom. The Kier molecular flexibility index (Phi) is 11.6. The van der Waals surface area contributed by atoms with E-state index in [9.17, 15) is 18.0 Å². The molecule has 0 aliphatic rings. The second kappa shape index (κ2) is 14.7. The fourth-order valence-electron chi connectivity index (χ4n) is 4.22. The summed E-state index contributed by atoms with van der Waals surface area (Å²) in [6.45, 7) is 7.38. The Labute approximate surface area is 255 Å². The van der Waals surface area contributed by atoms with E-state index < -0.39 is 28.5 Å². The number of benzene rings is 3. The molecule has 0 fully saturated rings. The van der Waals surface area contributed by atoms with Crippen LogP contribution >= 0.6 is 27.5 Å². The second-order valence-electron chi connectivity index (χ2n) is 9.63. The predicted octanol–water partition coefficient (Wildman–Crippen LogP) is 6.03. The summed E-state index contributed by atoms with van der Waals surface area (Å²) in [6, 6.07) is 18.7. The van der Waals surface area contributed by atoms with E-state index in [1.165, 1.54) is 17.0 Å². The summed E-state index contributed by atoms with van der Waals surface area (Å²) < 4.78 is 35.2. The molecule has 220 valence electrons. The Morgan fingerprint density at radius 3 is 2.10 bits per heavy atom. The van der Waals surface area contributed by atoms with Gasteiger partial charge in [0.05, 0.1) is 17.2 Å². The third-order valence-electron chi connectivity index (χ3n) is 6.20. The van der Waals surface area contributed by atoms with Crippen LogP contribution in [0.2, 0.25) is 5.02 Å². The lowest BCUT2D eigenvalue weighted by Crippen LogP contribution is -2.53. The van der Waals surface area contributed by atoms with Crippen molar-refractivity contribution in [3.05, 3.63) is 87.9 Å². The van der Waals surface area contributed by atoms with E-state index in [-0.39, 0.29) is 29.1 Å². The number of carbonyl (C=O) groups is 2. The fraction of sp³-hybridized carbons (Fsp3) is 0.333. The number of nitrogens with one attached hydrogen (secondary N) is 1. The molecule has 2 amide bonds. The van der Waals surface area contributed by atoms with Crippen LogP contribution in [0, 0.1) is 0 Å². The molecule has 0 saturated carbocycles. The Hall–Kier alpha value is -3.08. The maximum absolute atomic E-state index is 14.1.